The van der Waals surface area contributed by atoms with E-state index in [1.54, 1.807) is 19.2 Å². The van der Waals surface area contributed by atoms with Crippen LogP contribution in [0.1, 0.15) is 43.9 Å². The second-order valence-corrected chi connectivity index (χ2v) is 8.81. The molecule has 0 unspecified atom stereocenters. The molecule has 0 aromatic heterocycles. The van der Waals surface area contributed by atoms with E-state index >= 15 is 0 Å². The lowest BCUT2D eigenvalue weighted by atomic mass is 9.81. The molecule has 4 nitrogen and oxygen atoms in total. The molecule has 0 saturated heterocycles. The van der Waals surface area contributed by atoms with Crippen LogP contribution in [0, 0.1) is 5.82 Å². The molecule has 0 aliphatic rings. The van der Waals surface area contributed by atoms with Crippen LogP contribution in [0.15, 0.2) is 60.7 Å². The zero-order valence-electron chi connectivity index (χ0n) is 18.9. The first-order chi connectivity index (χ1) is 15.2. The highest BCUT2D eigenvalue weighted by Gasteiger charge is 2.21. The molecule has 0 amide bonds. The van der Waals surface area contributed by atoms with E-state index in [4.69, 9.17) is 14.6 Å². The van der Waals surface area contributed by atoms with Crippen LogP contribution in [0.2, 0.25) is 0 Å². The van der Waals surface area contributed by atoms with E-state index in [0.717, 1.165) is 22.3 Å². The summed E-state index contributed by atoms with van der Waals surface area (Å²) in [5.74, 6) is 0.182. The minimum absolute atomic E-state index is 0.0840. The first kappa shape index (κ1) is 23.3. The number of carbonyl (C=O) groups is 1. The molecule has 168 valence electrons. The maximum absolute atomic E-state index is 14.7. The average Bonchev–Trinajstić information content (AvgIpc) is 2.76. The van der Waals surface area contributed by atoms with Gasteiger partial charge in [-0.15, -0.1) is 0 Å². The van der Waals surface area contributed by atoms with Gasteiger partial charge >= 0.3 is 5.97 Å². The van der Waals surface area contributed by atoms with Crippen LogP contribution in [0.5, 0.6) is 11.5 Å². The van der Waals surface area contributed by atoms with Crippen molar-refractivity contribution < 1.29 is 23.8 Å². The number of rotatable bonds is 8. The van der Waals surface area contributed by atoms with Crippen molar-refractivity contribution in [1.29, 1.82) is 0 Å². The predicted molar refractivity (Wildman–Crippen MR) is 124 cm³/mol. The second-order valence-electron chi connectivity index (χ2n) is 8.81. The van der Waals surface area contributed by atoms with Crippen LogP contribution in [-0.4, -0.2) is 18.2 Å². The van der Waals surface area contributed by atoms with Gasteiger partial charge in [-0.05, 0) is 64.4 Å². The van der Waals surface area contributed by atoms with E-state index in [-0.39, 0.29) is 17.7 Å². The largest absolute Gasteiger partial charge is 0.497 e. The lowest BCUT2D eigenvalue weighted by Crippen LogP contribution is -2.14. The summed E-state index contributed by atoms with van der Waals surface area (Å²) < 4.78 is 25.9. The molecular formula is C27H29FO4. The Bertz CT molecular complexity index is 1100. The summed E-state index contributed by atoms with van der Waals surface area (Å²) >= 11 is 0. The Hall–Kier alpha value is -3.34. The number of hydrogen-bond donors (Lipinski definition) is 1. The number of carboxylic acids is 1. The van der Waals surface area contributed by atoms with E-state index in [2.05, 4.69) is 26.8 Å². The molecule has 0 bridgehead atoms. The summed E-state index contributed by atoms with van der Waals surface area (Å²) in [5.41, 5.74) is 4.03. The van der Waals surface area contributed by atoms with Crippen LogP contribution in [0.4, 0.5) is 4.39 Å². The molecule has 0 atom stereocenters. The Labute approximate surface area is 188 Å². The van der Waals surface area contributed by atoms with Crippen molar-refractivity contribution in [2.45, 2.75) is 45.6 Å². The monoisotopic (exact) mass is 436 g/mol. The Balaban J connectivity index is 1.86. The molecule has 5 heteroatoms. The van der Waals surface area contributed by atoms with Crippen LogP contribution in [0.3, 0.4) is 0 Å². The van der Waals surface area contributed by atoms with Crippen molar-refractivity contribution in [2.75, 3.05) is 7.11 Å². The van der Waals surface area contributed by atoms with Gasteiger partial charge in [0, 0.05) is 12.0 Å². The zero-order valence-corrected chi connectivity index (χ0v) is 18.9. The molecule has 0 aliphatic heterocycles. The molecule has 1 N–H and O–H groups in total. The predicted octanol–water partition coefficient (Wildman–Crippen LogP) is 6.40. The first-order valence-corrected chi connectivity index (χ1v) is 10.6. The third-order valence-electron chi connectivity index (χ3n) is 5.29. The third kappa shape index (κ3) is 5.88. The highest BCUT2D eigenvalue weighted by Crippen LogP contribution is 2.36. The number of aryl methyl sites for hydroxylation is 1. The first-order valence-electron chi connectivity index (χ1n) is 10.6. The maximum Gasteiger partial charge on any atom is 0.303 e. The SMILES string of the molecule is COc1ccc(F)c(-c2ccc(COc3cccc(CCC(=O)O)c3)cc2C(C)(C)C)c1. The maximum atomic E-state index is 14.7. The number of hydrogen-bond acceptors (Lipinski definition) is 3. The van der Waals surface area contributed by atoms with E-state index < -0.39 is 5.97 Å². The highest BCUT2D eigenvalue weighted by molar-refractivity contribution is 5.71. The van der Waals surface area contributed by atoms with Crippen molar-refractivity contribution >= 4 is 5.97 Å². The molecule has 32 heavy (non-hydrogen) atoms. The van der Waals surface area contributed by atoms with Gasteiger partial charge < -0.3 is 14.6 Å². The molecule has 0 spiro atoms. The van der Waals surface area contributed by atoms with Gasteiger partial charge in [0.25, 0.3) is 0 Å². The number of carboxylic acid groups (broad SMARTS) is 1. The summed E-state index contributed by atoms with van der Waals surface area (Å²) in [7, 11) is 1.57. The van der Waals surface area contributed by atoms with E-state index in [1.807, 2.05) is 36.4 Å². The van der Waals surface area contributed by atoms with Gasteiger partial charge in [0.1, 0.15) is 23.9 Å². The molecule has 0 heterocycles. The molecule has 3 aromatic carbocycles. The van der Waals surface area contributed by atoms with Crippen LogP contribution < -0.4 is 9.47 Å². The summed E-state index contributed by atoms with van der Waals surface area (Å²) in [4.78, 5) is 10.8. The fourth-order valence-electron chi connectivity index (χ4n) is 3.58. The number of halogens is 1. The standard InChI is InChI=1S/C27H29FO4/c1-27(2,3)24-15-19(8-11-22(24)23-16-20(31-4)10-12-25(23)28)17-32-21-7-5-6-18(14-21)9-13-26(29)30/h5-8,10-12,14-16H,9,13,17H2,1-4H3,(H,29,30). The summed E-state index contributed by atoms with van der Waals surface area (Å²) in [6, 6.07) is 18.2. The summed E-state index contributed by atoms with van der Waals surface area (Å²) in [5, 5.41) is 8.88. The van der Waals surface area contributed by atoms with Crippen LogP contribution >= 0.6 is 0 Å². The summed E-state index contributed by atoms with van der Waals surface area (Å²) in [6.07, 6.45) is 0.544. The van der Waals surface area contributed by atoms with E-state index in [1.165, 1.54) is 6.07 Å². The Morgan fingerprint density at radius 2 is 1.72 bits per heavy atom. The minimum atomic E-state index is -0.821. The fourth-order valence-corrected chi connectivity index (χ4v) is 3.58. The Morgan fingerprint density at radius 3 is 2.41 bits per heavy atom. The Kier molecular flexibility index (Phi) is 7.18. The van der Waals surface area contributed by atoms with Gasteiger partial charge in [0.05, 0.1) is 7.11 Å². The van der Waals surface area contributed by atoms with Crippen LogP contribution in [0.25, 0.3) is 11.1 Å². The van der Waals surface area contributed by atoms with Crippen LogP contribution in [-0.2, 0) is 23.2 Å². The number of methoxy groups -OCH3 is 1. The highest BCUT2D eigenvalue weighted by atomic mass is 19.1. The fraction of sp³-hybridized carbons (Fsp3) is 0.296. The number of benzene rings is 3. The second kappa shape index (κ2) is 9.86. The van der Waals surface area contributed by atoms with Crippen molar-refractivity contribution in [3.05, 3.63) is 83.2 Å². The summed E-state index contributed by atoms with van der Waals surface area (Å²) in [6.45, 7) is 6.65. The molecule has 0 radical (unpaired) electrons. The lowest BCUT2D eigenvalue weighted by Gasteiger charge is -2.24. The van der Waals surface area contributed by atoms with Gasteiger partial charge in [-0.3, -0.25) is 4.79 Å². The van der Waals surface area contributed by atoms with Crippen molar-refractivity contribution in [3.63, 3.8) is 0 Å². The van der Waals surface area contributed by atoms with Crippen molar-refractivity contribution in [3.8, 4) is 22.6 Å². The average molecular weight is 437 g/mol. The van der Waals surface area contributed by atoms with Gasteiger partial charge in [0.2, 0.25) is 0 Å². The quantitative estimate of drug-likeness (QED) is 0.444. The third-order valence-corrected chi connectivity index (χ3v) is 5.29. The molecular weight excluding hydrogens is 407 g/mol. The molecule has 0 saturated carbocycles. The Morgan fingerprint density at radius 1 is 0.938 bits per heavy atom. The van der Waals surface area contributed by atoms with Crippen molar-refractivity contribution in [1.82, 2.24) is 0 Å². The zero-order chi connectivity index (χ0) is 23.3. The molecule has 3 rings (SSSR count). The molecule has 3 aromatic rings. The smallest absolute Gasteiger partial charge is 0.303 e. The normalized spacial score (nSPS) is 11.3. The van der Waals surface area contributed by atoms with E-state index in [9.17, 15) is 9.18 Å². The molecule has 0 aliphatic carbocycles. The van der Waals surface area contributed by atoms with E-state index in [0.29, 0.717) is 30.1 Å². The van der Waals surface area contributed by atoms with Gasteiger partial charge in [-0.2, -0.15) is 0 Å². The van der Waals surface area contributed by atoms with Gasteiger partial charge in [0.15, 0.2) is 0 Å². The van der Waals surface area contributed by atoms with Crippen molar-refractivity contribution in [2.24, 2.45) is 0 Å². The molecule has 0 fully saturated rings. The lowest BCUT2D eigenvalue weighted by molar-refractivity contribution is -0.136. The van der Waals surface area contributed by atoms with Gasteiger partial charge in [-0.1, -0.05) is 51.1 Å². The number of ether oxygens (including phenoxy) is 2. The number of aliphatic carboxylic acids is 1. The topological polar surface area (TPSA) is 55.8 Å². The van der Waals surface area contributed by atoms with Gasteiger partial charge in [-0.25, -0.2) is 4.39 Å². The minimum Gasteiger partial charge on any atom is -0.497 e.